The highest BCUT2D eigenvalue weighted by Crippen LogP contribution is 2.64. The predicted octanol–water partition coefficient (Wildman–Crippen LogP) is 15.3. The third-order valence-electron chi connectivity index (χ3n) is 13.0. The Morgan fingerprint density at radius 1 is 0.421 bits per heavy atom. The highest BCUT2D eigenvalue weighted by molar-refractivity contribution is 6.06. The number of para-hydroxylation sites is 1. The van der Waals surface area contributed by atoms with E-state index in [1.807, 2.05) is 0 Å². The van der Waals surface area contributed by atoms with E-state index in [-0.39, 0.29) is 0 Å². The van der Waals surface area contributed by atoms with Crippen LogP contribution in [-0.2, 0) is 18.3 Å². The summed E-state index contributed by atoms with van der Waals surface area (Å²) in [4.78, 5) is 5.44. The maximum atomic E-state index is 5.44. The van der Waals surface area contributed by atoms with Crippen LogP contribution in [0, 0.1) is 0 Å². The van der Waals surface area contributed by atoms with Crippen LogP contribution in [0.3, 0.4) is 0 Å². The zero-order valence-corrected chi connectivity index (χ0v) is 33.5. The number of hydrogen-bond acceptors (Lipinski definition) is 1. The van der Waals surface area contributed by atoms with Gasteiger partial charge in [-0.3, -0.25) is 0 Å². The minimum atomic E-state index is -0.420. The Kier molecular flexibility index (Phi) is 9.33. The van der Waals surface area contributed by atoms with Gasteiger partial charge in [0.15, 0.2) is 0 Å². The molecule has 0 bridgehead atoms. The SMILES string of the molecule is CCCCCCc1cc(CCCCCC)cc(-c2cc(-c3ccc4c(c3)C3(c5ccccc5-4)c4ccccc4-c4c3ccc3ccccc43)nc3ccccc23)c1. The van der Waals surface area contributed by atoms with Crippen molar-refractivity contribution in [1.82, 2.24) is 4.98 Å². The smallest absolute Gasteiger partial charge is 0.0725 e. The first-order chi connectivity index (χ1) is 28.2. The zero-order valence-electron chi connectivity index (χ0n) is 33.5. The molecule has 0 aliphatic heterocycles. The predicted molar refractivity (Wildman–Crippen MR) is 242 cm³/mol. The van der Waals surface area contributed by atoms with Gasteiger partial charge >= 0.3 is 0 Å². The molecule has 280 valence electrons. The van der Waals surface area contributed by atoms with E-state index in [9.17, 15) is 0 Å². The van der Waals surface area contributed by atoms with Gasteiger partial charge in [0, 0.05) is 10.9 Å². The molecule has 57 heavy (non-hydrogen) atoms. The van der Waals surface area contributed by atoms with Crippen molar-refractivity contribution in [3.63, 3.8) is 0 Å². The van der Waals surface area contributed by atoms with Crippen LogP contribution in [0.4, 0.5) is 0 Å². The van der Waals surface area contributed by atoms with Crippen LogP contribution < -0.4 is 0 Å². The van der Waals surface area contributed by atoms with Gasteiger partial charge in [-0.15, -0.1) is 0 Å². The van der Waals surface area contributed by atoms with Crippen molar-refractivity contribution >= 4 is 21.7 Å². The summed E-state index contributed by atoms with van der Waals surface area (Å²) in [5, 5.41) is 3.82. The summed E-state index contributed by atoms with van der Waals surface area (Å²) < 4.78 is 0. The standard InChI is InChI=1S/C56H51N/c1-3-5-7-9-19-38-33-39(20-10-8-6-4-2)35-42(34-38)48-37-54(57-53-28-18-15-24-46(48)53)41-29-31-45-44-23-13-16-26-49(44)56(52(45)36-41)50-27-17-14-25-47(50)55-43-22-12-11-21-40(43)30-32-51(55)56/h11-18,21-37H,3-10,19-20H2,1-2H3. The Labute approximate surface area is 338 Å². The van der Waals surface area contributed by atoms with E-state index in [2.05, 4.69) is 166 Å². The molecule has 1 nitrogen and oxygen atoms in total. The number of benzene rings is 7. The lowest BCUT2D eigenvalue weighted by atomic mass is 9.70. The lowest BCUT2D eigenvalue weighted by molar-refractivity contribution is 0.661. The molecule has 2 aliphatic rings. The number of hydrogen-bond donors (Lipinski definition) is 0. The molecule has 0 radical (unpaired) electrons. The Morgan fingerprint density at radius 2 is 1.05 bits per heavy atom. The lowest BCUT2D eigenvalue weighted by Crippen LogP contribution is -2.25. The maximum absolute atomic E-state index is 5.44. The van der Waals surface area contributed by atoms with E-state index in [0.717, 1.165) is 29.6 Å². The van der Waals surface area contributed by atoms with Gasteiger partial charge in [-0.2, -0.15) is 0 Å². The van der Waals surface area contributed by atoms with Crippen molar-refractivity contribution in [2.24, 2.45) is 0 Å². The monoisotopic (exact) mass is 737 g/mol. The van der Waals surface area contributed by atoms with Gasteiger partial charge in [0.05, 0.1) is 16.6 Å². The molecule has 1 unspecified atom stereocenters. The van der Waals surface area contributed by atoms with E-state index in [4.69, 9.17) is 4.98 Å². The number of aromatic nitrogens is 1. The number of fused-ring (bicyclic) bond motifs is 13. The number of rotatable bonds is 12. The molecule has 1 atom stereocenters. The molecule has 0 saturated heterocycles. The van der Waals surface area contributed by atoms with Gasteiger partial charge in [-0.25, -0.2) is 4.98 Å². The lowest BCUT2D eigenvalue weighted by Gasteiger charge is -2.30. The summed E-state index contributed by atoms with van der Waals surface area (Å²) in [7, 11) is 0. The van der Waals surface area contributed by atoms with Crippen molar-refractivity contribution in [3.05, 3.63) is 185 Å². The fourth-order valence-electron chi connectivity index (χ4n) is 10.3. The molecule has 1 aromatic heterocycles. The average molecular weight is 738 g/mol. The molecule has 1 spiro atoms. The number of nitrogens with zero attached hydrogens (tertiary/aromatic N) is 1. The van der Waals surface area contributed by atoms with Crippen molar-refractivity contribution in [2.75, 3.05) is 0 Å². The summed E-state index contributed by atoms with van der Waals surface area (Å²) in [5.41, 5.74) is 19.2. The molecule has 0 N–H and O–H groups in total. The summed E-state index contributed by atoms with van der Waals surface area (Å²) >= 11 is 0. The number of pyridine rings is 1. The van der Waals surface area contributed by atoms with E-state index >= 15 is 0 Å². The van der Waals surface area contributed by atoms with E-state index in [0.29, 0.717) is 0 Å². The number of unbranched alkanes of at least 4 members (excludes halogenated alkanes) is 6. The van der Waals surface area contributed by atoms with Gasteiger partial charge in [0.1, 0.15) is 0 Å². The molecule has 0 fully saturated rings. The van der Waals surface area contributed by atoms with E-state index < -0.39 is 5.41 Å². The van der Waals surface area contributed by atoms with Crippen LogP contribution >= 0.6 is 0 Å². The van der Waals surface area contributed by atoms with Crippen LogP contribution in [0.25, 0.3) is 66.3 Å². The highest BCUT2D eigenvalue weighted by Gasteiger charge is 2.52. The Hall–Kier alpha value is -5.79. The second-order valence-corrected chi connectivity index (χ2v) is 16.5. The van der Waals surface area contributed by atoms with Crippen LogP contribution in [0.2, 0.25) is 0 Å². The third-order valence-corrected chi connectivity index (χ3v) is 13.0. The molecule has 2 aliphatic carbocycles. The quantitative estimate of drug-likeness (QED) is 0.114. The van der Waals surface area contributed by atoms with Crippen molar-refractivity contribution in [3.8, 4) is 44.6 Å². The Bertz CT molecular complexity index is 2760. The first kappa shape index (κ1) is 35.6. The fraction of sp³-hybridized carbons (Fsp3) is 0.232. The summed E-state index contributed by atoms with van der Waals surface area (Å²) in [5.74, 6) is 0. The molecular weight excluding hydrogens is 687 g/mol. The molecule has 1 heterocycles. The number of aryl methyl sites for hydroxylation is 2. The Balaban J connectivity index is 1.16. The third kappa shape index (κ3) is 5.94. The second kappa shape index (κ2) is 14.9. The normalized spacial score (nSPS) is 14.9. The van der Waals surface area contributed by atoms with Crippen molar-refractivity contribution in [1.29, 1.82) is 0 Å². The summed E-state index contributed by atoms with van der Waals surface area (Å²) in [6.45, 7) is 4.60. The van der Waals surface area contributed by atoms with Crippen LogP contribution in [0.1, 0.15) is 98.6 Å². The molecule has 0 saturated carbocycles. The van der Waals surface area contributed by atoms with Gasteiger partial charge in [-0.1, -0.05) is 186 Å². The van der Waals surface area contributed by atoms with Crippen molar-refractivity contribution < 1.29 is 0 Å². The zero-order chi connectivity index (χ0) is 38.3. The fourth-order valence-corrected chi connectivity index (χ4v) is 10.3. The topological polar surface area (TPSA) is 12.9 Å². The highest BCUT2D eigenvalue weighted by atomic mass is 14.7. The van der Waals surface area contributed by atoms with Crippen LogP contribution in [0.5, 0.6) is 0 Å². The first-order valence-corrected chi connectivity index (χ1v) is 21.6. The van der Waals surface area contributed by atoms with E-state index in [1.165, 1.54) is 134 Å². The molecule has 0 amide bonds. The second-order valence-electron chi connectivity index (χ2n) is 16.5. The molecule has 1 heteroatoms. The largest absolute Gasteiger partial charge is 0.248 e. The molecule has 8 aromatic rings. The first-order valence-electron chi connectivity index (χ1n) is 21.6. The maximum Gasteiger partial charge on any atom is 0.0725 e. The Morgan fingerprint density at radius 3 is 1.81 bits per heavy atom. The van der Waals surface area contributed by atoms with Crippen LogP contribution in [0.15, 0.2) is 152 Å². The molecule has 7 aromatic carbocycles. The average Bonchev–Trinajstić information content (AvgIpc) is 3.73. The van der Waals surface area contributed by atoms with E-state index in [1.54, 1.807) is 0 Å². The van der Waals surface area contributed by atoms with Gasteiger partial charge in [0.2, 0.25) is 0 Å². The molecular formula is C56H51N. The van der Waals surface area contributed by atoms with Crippen LogP contribution in [-0.4, -0.2) is 4.98 Å². The minimum Gasteiger partial charge on any atom is -0.248 e. The summed E-state index contributed by atoms with van der Waals surface area (Å²) in [6, 6.07) is 57.7. The molecule has 10 rings (SSSR count). The minimum absolute atomic E-state index is 0.420. The van der Waals surface area contributed by atoms with Gasteiger partial charge in [0.25, 0.3) is 0 Å². The summed E-state index contributed by atoms with van der Waals surface area (Å²) in [6.07, 6.45) is 12.5. The van der Waals surface area contributed by atoms with Gasteiger partial charge in [-0.05, 0) is 121 Å². The van der Waals surface area contributed by atoms with Gasteiger partial charge < -0.3 is 0 Å². The van der Waals surface area contributed by atoms with Crippen molar-refractivity contribution in [2.45, 2.75) is 83.5 Å².